The quantitative estimate of drug-likeness (QED) is 0.197. The SMILES string of the molecule is c1ccc(-c2ccc3c(c2)oc2cccc(-c4nc(-c5ccc6ccccc6c5)nc(-c5cccc6c5oc5ccccc56)n4)c23)cc1. The van der Waals surface area contributed by atoms with E-state index in [0.29, 0.717) is 17.5 Å². The Morgan fingerprint density at radius 3 is 1.96 bits per heavy atom. The highest BCUT2D eigenvalue weighted by molar-refractivity contribution is 6.13. The van der Waals surface area contributed by atoms with Crippen LogP contribution in [0.5, 0.6) is 0 Å². The Morgan fingerprint density at radius 1 is 0.354 bits per heavy atom. The van der Waals surface area contributed by atoms with Gasteiger partial charge in [-0.25, -0.2) is 15.0 Å². The fourth-order valence-corrected chi connectivity index (χ4v) is 6.82. The third kappa shape index (κ3) is 4.22. The summed E-state index contributed by atoms with van der Waals surface area (Å²) in [7, 11) is 0. The molecule has 7 aromatic carbocycles. The molecule has 0 saturated heterocycles. The first-order chi connectivity index (χ1) is 23.8. The number of benzene rings is 7. The monoisotopic (exact) mass is 615 g/mol. The van der Waals surface area contributed by atoms with Crippen LogP contribution in [-0.4, -0.2) is 15.0 Å². The fraction of sp³-hybridized carbons (Fsp3) is 0. The van der Waals surface area contributed by atoms with E-state index < -0.39 is 0 Å². The normalized spacial score (nSPS) is 11.8. The van der Waals surface area contributed by atoms with Gasteiger partial charge in [0.1, 0.15) is 22.3 Å². The number of aromatic nitrogens is 3. The molecule has 0 N–H and O–H groups in total. The second kappa shape index (κ2) is 10.5. The van der Waals surface area contributed by atoms with Crippen LogP contribution in [0.2, 0.25) is 0 Å². The molecule has 0 saturated carbocycles. The van der Waals surface area contributed by atoms with Crippen molar-refractivity contribution in [3.8, 4) is 45.3 Å². The molecule has 0 amide bonds. The maximum atomic E-state index is 6.46. The lowest BCUT2D eigenvalue weighted by Crippen LogP contribution is -2.00. The number of nitrogens with zero attached hydrogens (tertiary/aromatic N) is 3. The van der Waals surface area contributed by atoms with E-state index in [1.165, 1.54) is 0 Å². The van der Waals surface area contributed by atoms with Crippen LogP contribution in [0.4, 0.5) is 0 Å². The van der Waals surface area contributed by atoms with Crippen LogP contribution in [0.25, 0.3) is 99.9 Å². The maximum absolute atomic E-state index is 6.46. The lowest BCUT2D eigenvalue weighted by molar-refractivity contribution is 0.668. The molecule has 3 heterocycles. The van der Waals surface area contributed by atoms with Crippen molar-refractivity contribution in [1.82, 2.24) is 15.0 Å². The molecular formula is C43H25N3O2. The van der Waals surface area contributed by atoms with Gasteiger partial charge in [-0.1, -0.05) is 115 Å². The van der Waals surface area contributed by atoms with Crippen LogP contribution in [0.1, 0.15) is 0 Å². The van der Waals surface area contributed by atoms with Crippen molar-refractivity contribution in [1.29, 1.82) is 0 Å². The number of para-hydroxylation sites is 2. The smallest absolute Gasteiger partial charge is 0.167 e. The standard InChI is InChI=1S/C43H25N3O2/c1-2-10-26(11-3-1)29-22-23-33-38(25-29)47-37-19-9-16-34(39(33)37)42-44-41(30-21-20-27-12-4-5-13-28(27)24-30)45-43(46-42)35-17-8-15-32-31-14-6-7-18-36(31)48-40(32)35/h1-25H. The summed E-state index contributed by atoms with van der Waals surface area (Å²) in [6.07, 6.45) is 0. The van der Waals surface area contributed by atoms with Crippen molar-refractivity contribution < 1.29 is 8.83 Å². The van der Waals surface area contributed by atoms with E-state index in [4.69, 9.17) is 23.8 Å². The molecule has 224 valence electrons. The third-order valence-electron chi connectivity index (χ3n) is 9.13. The van der Waals surface area contributed by atoms with Crippen molar-refractivity contribution >= 4 is 54.6 Å². The Morgan fingerprint density at radius 2 is 1.04 bits per heavy atom. The van der Waals surface area contributed by atoms with Gasteiger partial charge < -0.3 is 8.83 Å². The van der Waals surface area contributed by atoms with Crippen LogP contribution in [-0.2, 0) is 0 Å². The van der Waals surface area contributed by atoms with E-state index >= 15 is 0 Å². The van der Waals surface area contributed by atoms with Gasteiger partial charge in [-0.2, -0.15) is 0 Å². The van der Waals surface area contributed by atoms with Crippen molar-refractivity contribution in [2.75, 3.05) is 0 Å². The molecule has 0 radical (unpaired) electrons. The summed E-state index contributed by atoms with van der Waals surface area (Å²) < 4.78 is 12.9. The largest absolute Gasteiger partial charge is 0.456 e. The first-order valence-electron chi connectivity index (χ1n) is 15.9. The number of furan rings is 2. The molecule has 0 aliphatic rings. The highest BCUT2D eigenvalue weighted by Gasteiger charge is 2.20. The zero-order valence-electron chi connectivity index (χ0n) is 25.6. The summed E-state index contributed by atoms with van der Waals surface area (Å²) >= 11 is 0. The van der Waals surface area contributed by atoms with Crippen molar-refractivity contribution in [3.05, 3.63) is 152 Å². The van der Waals surface area contributed by atoms with E-state index in [0.717, 1.165) is 82.5 Å². The first-order valence-corrected chi connectivity index (χ1v) is 15.9. The van der Waals surface area contributed by atoms with Crippen molar-refractivity contribution in [2.24, 2.45) is 0 Å². The van der Waals surface area contributed by atoms with Gasteiger partial charge in [0, 0.05) is 32.7 Å². The average molecular weight is 616 g/mol. The molecule has 48 heavy (non-hydrogen) atoms. The van der Waals surface area contributed by atoms with E-state index in [1.807, 2.05) is 72.8 Å². The predicted molar refractivity (Wildman–Crippen MR) is 194 cm³/mol. The van der Waals surface area contributed by atoms with Gasteiger partial charge in [-0.15, -0.1) is 0 Å². The summed E-state index contributed by atoms with van der Waals surface area (Å²) in [5.74, 6) is 1.70. The van der Waals surface area contributed by atoms with Gasteiger partial charge in [0.05, 0.1) is 5.56 Å². The molecule has 0 spiro atoms. The van der Waals surface area contributed by atoms with E-state index in [1.54, 1.807) is 0 Å². The lowest BCUT2D eigenvalue weighted by Gasteiger charge is -2.10. The minimum atomic E-state index is 0.545. The molecule has 10 rings (SSSR count). The van der Waals surface area contributed by atoms with Gasteiger partial charge in [0.25, 0.3) is 0 Å². The second-order valence-corrected chi connectivity index (χ2v) is 12.0. The van der Waals surface area contributed by atoms with Gasteiger partial charge >= 0.3 is 0 Å². The molecule has 0 fully saturated rings. The molecule has 10 aromatic rings. The fourth-order valence-electron chi connectivity index (χ4n) is 6.82. The Kier molecular flexibility index (Phi) is 5.81. The Hall–Kier alpha value is -6.59. The van der Waals surface area contributed by atoms with E-state index in [-0.39, 0.29) is 0 Å². The van der Waals surface area contributed by atoms with Gasteiger partial charge in [0.15, 0.2) is 17.5 Å². The predicted octanol–water partition coefficient (Wildman–Crippen LogP) is 11.5. The Labute approximate surface area is 274 Å². The molecule has 3 aromatic heterocycles. The minimum absolute atomic E-state index is 0.545. The van der Waals surface area contributed by atoms with Crippen LogP contribution < -0.4 is 0 Å². The number of hydrogen-bond donors (Lipinski definition) is 0. The first kappa shape index (κ1) is 26.6. The molecular weight excluding hydrogens is 590 g/mol. The highest BCUT2D eigenvalue weighted by atomic mass is 16.3. The van der Waals surface area contributed by atoms with Crippen LogP contribution in [0.15, 0.2) is 160 Å². The summed E-state index contributed by atoms with van der Waals surface area (Å²) in [4.78, 5) is 15.4. The maximum Gasteiger partial charge on any atom is 0.167 e. The second-order valence-electron chi connectivity index (χ2n) is 12.0. The molecule has 0 bridgehead atoms. The third-order valence-corrected chi connectivity index (χ3v) is 9.13. The summed E-state index contributed by atoms with van der Waals surface area (Å²) in [5, 5.41) is 6.34. The molecule has 5 heteroatoms. The Balaban J connectivity index is 1.22. The zero-order chi connectivity index (χ0) is 31.6. The topological polar surface area (TPSA) is 65.0 Å². The molecule has 0 atom stereocenters. The highest BCUT2D eigenvalue weighted by Crippen LogP contribution is 2.40. The minimum Gasteiger partial charge on any atom is -0.456 e. The summed E-state index contributed by atoms with van der Waals surface area (Å²) in [6.45, 7) is 0. The number of rotatable bonds is 4. The Bertz CT molecular complexity index is 2850. The zero-order valence-corrected chi connectivity index (χ0v) is 25.6. The molecule has 0 aliphatic heterocycles. The van der Waals surface area contributed by atoms with Gasteiger partial charge in [0.2, 0.25) is 0 Å². The number of hydrogen-bond acceptors (Lipinski definition) is 5. The van der Waals surface area contributed by atoms with E-state index in [9.17, 15) is 0 Å². The van der Waals surface area contributed by atoms with Crippen molar-refractivity contribution in [3.63, 3.8) is 0 Å². The molecule has 0 aliphatic carbocycles. The van der Waals surface area contributed by atoms with Gasteiger partial charge in [-0.3, -0.25) is 0 Å². The van der Waals surface area contributed by atoms with Crippen LogP contribution >= 0.6 is 0 Å². The van der Waals surface area contributed by atoms with E-state index in [2.05, 4.69) is 78.9 Å². The average Bonchev–Trinajstić information content (AvgIpc) is 3.73. The van der Waals surface area contributed by atoms with Crippen LogP contribution in [0, 0.1) is 0 Å². The lowest BCUT2D eigenvalue weighted by atomic mass is 10.0. The summed E-state index contributed by atoms with van der Waals surface area (Å²) in [6, 6.07) is 51.7. The van der Waals surface area contributed by atoms with Gasteiger partial charge in [-0.05, 0) is 58.3 Å². The number of fused-ring (bicyclic) bond motifs is 7. The molecule has 5 nitrogen and oxygen atoms in total. The summed E-state index contributed by atoms with van der Waals surface area (Å²) in [5.41, 5.74) is 8.01. The van der Waals surface area contributed by atoms with Crippen LogP contribution in [0.3, 0.4) is 0 Å². The molecule has 0 unspecified atom stereocenters. The van der Waals surface area contributed by atoms with Crippen molar-refractivity contribution in [2.45, 2.75) is 0 Å².